The van der Waals surface area contributed by atoms with Crippen LogP contribution in [-0.4, -0.2) is 34.9 Å². The molecule has 1 amide bonds. The minimum Gasteiger partial charge on any atom is -0.493 e. The number of carbonyl (C=O) groups is 2. The molecule has 1 heterocycles. The van der Waals surface area contributed by atoms with Crippen LogP contribution in [0.2, 0.25) is 0 Å². The van der Waals surface area contributed by atoms with Crippen molar-refractivity contribution in [1.29, 1.82) is 0 Å². The van der Waals surface area contributed by atoms with Gasteiger partial charge >= 0.3 is 12.1 Å². The van der Waals surface area contributed by atoms with Crippen LogP contribution in [0, 0.1) is 6.92 Å². The summed E-state index contributed by atoms with van der Waals surface area (Å²) in [6.07, 6.45) is 6.19. The van der Waals surface area contributed by atoms with Gasteiger partial charge in [-0.15, -0.1) is 0 Å². The van der Waals surface area contributed by atoms with Gasteiger partial charge in [-0.25, -0.2) is 9.78 Å². The summed E-state index contributed by atoms with van der Waals surface area (Å²) in [5, 5.41) is 11.8. The molecule has 0 spiro atoms. The average Bonchev–Trinajstić information content (AvgIpc) is 3.18. The van der Waals surface area contributed by atoms with Crippen molar-refractivity contribution in [2.75, 3.05) is 6.61 Å². The number of benzene rings is 1. The molecule has 1 aliphatic rings. The maximum Gasteiger partial charge on any atom is 0.407 e. The van der Waals surface area contributed by atoms with E-state index in [1.54, 1.807) is 13.8 Å². The van der Waals surface area contributed by atoms with Crippen LogP contribution in [0.1, 0.15) is 87.8 Å². The topological polar surface area (TPSA) is 111 Å². The van der Waals surface area contributed by atoms with Gasteiger partial charge in [0.15, 0.2) is 0 Å². The SMILES string of the molecule is Cc1oc(C2(C)CCCCC2)nc1CCOc1ccc(CCC(=O)O)c(CNC(=O)OC(C)C)c1. The molecule has 0 bridgehead atoms. The minimum absolute atomic E-state index is 0.0103. The number of aromatic nitrogens is 1. The molecule has 0 aliphatic heterocycles. The van der Waals surface area contributed by atoms with Gasteiger partial charge < -0.3 is 24.3 Å². The summed E-state index contributed by atoms with van der Waals surface area (Å²) in [4.78, 5) is 27.8. The molecule has 3 rings (SSSR count). The first-order valence-electron chi connectivity index (χ1n) is 12.5. The van der Waals surface area contributed by atoms with Gasteiger partial charge in [0.1, 0.15) is 11.5 Å². The van der Waals surface area contributed by atoms with Crippen LogP contribution in [0.4, 0.5) is 4.79 Å². The van der Waals surface area contributed by atoms with Crippen molar-refractivity contribution in [3.63, 3.8) is 0 Å². The summed E-state index contributed by atoms with van der Waals surface area (Å²) in [7, 11) is 0. The van der Waals surface area contributed by atoms with Crippen molar-refractivity contribution in [3.8, 4) is 5.75 Å². The van der Waals surface area contributed by atoms with Crippen molar-refractivity contribution in [3.05, 3.63) is 46.7 Å². The molecule has 1 aromatic heterocycles. The van der Waals surface area contributed by atoms with Crippen molar-refractivity contribution in [1.82, 2.24) is 10.3 Å². The van der Waals surface area contributed by atoms with Crippen LogP contribution < -0.4 is 10.1 Å². The van der Waals surface area contributed by atoms with Crippen LogP contribution in [0.15, 0.2) is 22.6 Å². The molecule has 192 valence electrons. The number of amides is 1. The number of hydrogen-bond donors (Lipinski definition) is 2. The van der Waals surface area contributed by atoms with Gasteiger partial charge in [0, 0.05) is 24.8 Å². The molecule has 0 saturated heterocycles. The number of alkyl carbamates (subject to hydrolysis) is 1. The summed E-state index contributed by atoms with van der Waals surface area (Å²) in [6.45, 7) is 8.41. The summed E-state index contributed by atoms with van der Waals surface area (Å²) >= 11 is 0. The number of nitrogens with zero attached hydrogens (tertiary/aromatic N) is 1. The van der Waals surface area contributed by atoms with Crippen LogP contribution in [0.25, 0.3) is 0 Å². The van der Waals surface area contributed by atoms with E-state index in [1.165, 1.54) is 19.3 Å². The van der Waals surface area contributed by atoms with Gasteiger partial charge in [0.2, 0.25) is 5.89 Å². The van der Waals surface area contributed by atoms with E-state index in [0.717, 1.165) is 41.3 Å². The zero-order valence-electron chi connectivity index (χ0n) is 21.3. The van der Waals surface area contributed by atoms with Crippen LogP contribution >= 0.6 is 0 Å². The predicted octanol–water partition coefficient (Wildman–Crippen LogP) is 5.48. The molecule has 1 aliphatic carbocycles. The first-order valence-corrected chi connectivity index (χ1v) is 12.5. The Kier molecular flexibility index (Phi) is 9.18. The summed E-state index contributed by atoms with van der Waals surface area (Å²) in [5.41, 5.74) is 2.59. The first-order chi connectivity index (χ1) is 16.7. The largest absolute Gasteiger partial charge is 0.493 e. The van der Waals surface area contributed by atoms with Crippen molar-refractivity contribution in [2.45, 2.75) is 97.1 Å². The molecule has 8 heteroatoms. The number of carboxylic acid groups (broad SMARTS) is 1. The van der Waals surface area contributed by atoms with Crippen LogP contribution in [0.5, 0.6) is 5.75 Å². The zero-order valence-corrected chi connectivity index (χ0v) is 21.3. The quantitative estimate of drug-likeness (QED) is 0.433. The zero-order chi connectivity index (χ0) is 25.4. The minimum atomic E-state index is -0.868. The van der Waals surface area contributed by atoms with Gasteiger partial charge in [-0.1, -0.05) is 32.3 Å². The third kappa shape index (κ3) is 7.73. The molecule has 2 N–H and O–H groups in total. The number of hydrogen-bond acceptors (Lipinski definition) is 6. The van der Waals surface area contributed by atoms with Crippen LogP contribution in [-0.2, 0) is 34.3 Å². The van der Waals surface area contributed by atoms with E-state index >= 15 is 0 Å². The van der Waals surface area contributed by atoms with Gasteiger partial charge in [0.25, 0.3) is 0 Å². The number of aryl methyl sites for hydroxylation is 2. The molecule has 0 radical (unpaired) electrons. The highest BCUT2D eigenvalue weighted by atomic mass is 16.6. The average molecular weight is 487 g/mol. The number of rotatable bonds is 11. The summed E-state index contributed by atoms with van der Waals surface area (Å²) in [6, 6.07) is 5.53. The molecule has 0 unspecified atom stereocenters. The molecule has 35 heavy (non-hydrogen) atoms. The summed E-state index contributed by atoms with van der Waals surface area (Å²) < 4.78 is 17.2. The lowest BCUT2D eigenvalue weighted by Crippen LogP contribution is -2.26. The standard InChI is InChI=1S/C27H38N2O6/c1-18(2)34-26(32)28-17-21-16-22(10-8-20(21)9-11-24(30)31)33-15-12-23-19(3)35-25(29-23)27(4)13-6-5-7-14-27/h8,10,16,18H,5-7,9,11-15,17H2,1-4H3,(H,28,32)(H,30,31). The Bertz CT molecular complexity index is 1010. The number of oxazole rings is 1. The normalized spacial score (nSPS) is 15.1. The number of carboxylic acids is 1. The van der Waals surface area contributed by atoms with E-state index in [4.69, 9.17) is 24.0 Å². The highest BCUT2D eigenvalue weighted by Gasteiger charge is 2.34. The Morgan fingerprint density at radius 3 is 2.60 bits per heavy atom. The number of aliphatic carboxylic acids is 1. The smallest absolute Gasteiger partial charge is 0.407 e. The Morgan fingerprint density at radius 2 is 1.91 bits per heavy atom. The van der Waals surface area contributed by atoms with Crippen molar-refractivity contribution >= 4 is 12.1 Å². The lowest BCUT2D eigenvalue weighted by Gasteiger charge is -2.30. The number of nitrogens with one attached hydrogen (secondary N) is 1. The monoisotopic (exact) mass is 486 g/mol. The molecule has 2 aromatic rings. The van der Waals surface area contributed by atoms with Gasteiger partial charge in [-0.2, -0.15) is 0 Å². The van der Waals surface area contributed by atoms with Crippen molar-refractivity contribution < 1.29 is 28.6 Å². The van der Waals surface area contributed by atoms with E-state index in [1.807, 2.05) is 25.1 Å². The predicted molar refractivity (Wildman–Crippen MR) is 132 cm³/mol. The lowest BCUT2D eigenvalue weighted by molar-refractivity contribution is -0.136. The molecular formula is C27H38N2O6. The van der Waals surface area contributed by atoms with Gasteiger partial charge in [-0.05, 0) is 63.3 Å². The highest BCUT2D eigenvalue weighted by Crippen LogP contribution is 2.39. The summed E-state index contributed by atoms with van der Waals surface area (Å²) in [5.74, 6) is 1.47. The maximum atomic E-state index is 11.9. The van der Waals surface area contributed by atoms with E-state index in [0.29, 0.717) is 25.2 Å². The Hall–Kier alpha value is -3.03. The molecule has 1 saturated carbocycles. The van der Waals surface area contributed by atoms with Gasteiger partial charge in [0.05, 0.1) is 18.4 Å². The van der Waals surface area contributed by atoms with E-state index in [2.05, 4.69) is 12.2 Å². The molecule has 1 aromatic carbocycles. The van der Waals surface area contributed by atoms with Crippen LogP contribution in [0.3, 0.4) is 0 Å². The second-order valence-electron chi connectivity index (χ2n) is 9.87. The third-order valence-electron chi connectivity index (χ3n) is 6.53. The molecule has 1 fully saturated rings. The Balaban J connectivity index is 1.63. The Morgan fingerprint density at radius 1 is 1.17 bits per heavy atom. The number of ether oxygens (including phenoxy) is 2. The van der Waals surface area contributed by atoms with E-state index in [-0.39, 0.29) is 24.5 Å². The fourth-order valence-corrected chi connectivity index (χ4v) is 4.49. The van der Waals surface area contributed by atoms with Crippen molar-refractivity contribution in [2.24, 2.45) is 0 Å². The second kappa shape index (κ2) is 12.1. The van der Waals surface area contributed by atoms with Gasteiger partial charge in [-0.3, -0.25) is 4.79 Å². The second-order valence-corrected chi connectivity index (χ2v) is 9.87. The molecule has 0 atom stereocenters. The maximum absolute atomic E-state index is 11.9. The van der Waals surface area contributed by atoms with E-state index < -0.39 is 12.1 Å². The fourth-order valence-electron chi connectivity index (χ4n) is 4.49. The van der Waals surface area contributed by atoms with E-state index in [9.17, 15) is 9.59 Å². The first kappa shape index (κ1) is 26.6. The fraction of sp³-hybridized carbons (Fsp3) is 0.593. The lowest BCUT2D eigenvalue weighted by atomic mass is 9.76. The molecule has 8 nitrogen and oxygen atoms in total. The molecular weight excluding hydrogens is 448 g/mol. The number of carbonyl (C=O) groups excluding carboxylic acids is 1. The Labute approximate surface area is 207 Å². The third-order valence-corrected chi connectivity index (χ3v) is 6.53. The highest BCUT2D eigenvalue weighted by molar-refractivity contribution is 5.68.